The first-order valence-corrected chi connectivity index (χ1v) is 11.3. The Morgan fingerprint density at radius 1 is 1.13 bits per heavy atom. The summed E-state index contributed by atoms with van der Waals surface area (Å²) in [6.45, 7) is 1.55. The van der Waals surface area contributed by atoms with Crippen LogP contribution in [0.15, 0.2) is 34.8 Å². The minimum absolute atomic E-state index is 0.0210. The molecule has 4 nitrogen and oxygen atoms in total. The molecule has 1 fully saturated rings. The van der Waals surface area contributed by atoms with E-state index in [1.165, 1.54) is 13.2 Å². The second kappa shape index (κ2) is 8.87. The summed E-state index contributed by atoms with van der Waals surface area (Å²) in [4.78, 5) is 15.0. The molecule has 7 heteroatoms. The molecule has 1 aliphatic carbocycles. The van der Waals surface area contributed by atoms with Gasteiger partial charge in [-0.25, -0.2) is 8.78 Å². The number of nitrogens with zero attached hydrogens (tertiary/aromatic N) is 1. The van der Waals surface area contributed by atoms with Crippen LogP contribution in [0.3, 0.4) is 0 Å². The summed E-state index contributed by atoms with van der Waals surface area (Å²) >= 11 is 3.26. The highest BCUT2D eigenvalue weighted by molar-refractivity contribution is 9.10. The van der Waals surface area contributed by atoms with E-state index < -0.39 is 5.67 Å². The number of benzene rings is 2. The predicted molar refractivity (Wildman–Crippen MR) is 118 cm³/mol. The third kappa shape index (κ3) is 4.62. The number of likely N-dealkylation sites (tertiary alicyclic amines) is 1. The number of piperidine rings is 1. The van der Waals surface area contributed by atoms with E-state index in [1.807, 2.05) is 12.1 Å². The van der Waals surface area contributed by atoms with E-state index in [1.54, 1.807) is 19.2 Å². The molecular formula is C24H26BrF2NO3. The second-order valence-electron chi connectivity index (χ2n) is 8.50. The summed E-state index contributed by atoms with van der Waals surface area (Å²) < 4.78 is 41.1. The number of rotatable bonds is 6. The zero-order valence-electron chi connectivity index (χ0n) is 17.7. The fourth-order valence-electron chi connectivity index (χ4n) is 4.71. The SMILES string of the molecule is COc1cc2c(cc1OC)C(=O)C(CC1(F)CCN(Cc3ccc(Br)cc3F)CC1)C2. The lowest BCUT2D eigenvalue weighted by atomic mass is 9.82. The molecule has 31 heavy (non-hydrogen) atoms. The zero-order chi connectivity index (χ0) is 22.2. The molecule has 2 aromatic rings. The fourth-order valence-corrected chi connectivity index (χ4v) is 5.04. The molecule has 0 amide bonds. The van der Waals surface area contributed by atoms with Gasteiger partial charge in [-0.3, -0.25) is 9.69 Å². The Labute approximate surface area is 189 Å². The van der Waals surface area contributed by atoms with Crippen LogP contribution in [-0.2, 0) is 13.0 Å². The number of methoxy groups -OCH3 is 2. The molecule has 1 heterocycles. The molecule has 0 bridgehead atoms. The Morgan fingerprint density at radius 2 is 1.81 bits per heavy atom. The van der Waals surface area contributed by atoms with Crippen LogP contribution in [0.2, 0.25) is 0 Å². The van der Waals surface area contributed by atoms with Crippen LogP contribution in [-0.4, -0.2) is 43.7 Å². The maximum Gasteiger partial charge on any atom is 0.166 e. The van der Waals surface area contributed by atoms with E-state index >= 15 is 4.39 Å². The van der Waals surface area contributed by atoms with Crippen LogP contribution in [0.4, 0.5) is 8.78 Å². The molecule has 0 aromatic heterocycles. The molecule has 1 aliphatic heterocycles. The van der Waals surface area contributed by atoms with Gasteiger partial charge in [0.15, 0.2) is 17.3 Å². The standard InChI is InChI=1S/C24H26BrF2NO3/c1-30-21-10-16-9-17(23(29)19(16)12-22(21)31-2)13-24(27)5-7-28(8-6-24)14-15-3-4-18(25)11-20(15)26/h3-4,10-12,17H,5-9,13-14H2,1-2H3. The van der Waals surface area contributed by atoms with Gasteiger partial charge in [-0.2, -0.15) is 0 Å². The van der Waals surface area contributed by atoms with Gasteiger partial charge in [-0.1, -0.05) is 22.0 Å². The Bertz CT molecular complexity index is 989. The summed E-state index contributed by atoms with van der Waals surface area (Å²) in [6, 6.07) is 8.55. The molecule has 0 saturated carbocycles. The highest BCUT2D eigenvalue weighted by Gasteiger charge is 2.42. The van der Waals surface area contributed by atoms with Crippen LogP contribution in [0, 0.1) is 11.7 Å². The van der Waals surface area contributed by atoms with Crippen molar-refractivity contribution in [1.82, 2.24) is 4.90 Å². The predicted octanol–water partition coefficient (Wildman–Crippen LogP) is 5.35. The molecule has 166 valence electrons. The Morgan fingerprint density at radius 3 is 2.45 bits per heavy atom. The first kappa shape index (κ1) is 22.2. The summed E-state index contributed by atoms with van der Waals surface area (Å²) in [6.07, 6.45) is 1.43. The van der Waals surface area contributed by atoms with E-state index in [-0.39, 0.29) is 23.9 Å². The van der Waals surface area contributed by atoms with Crippen molar-refractivity contribution in [3.63, 3.8) is 0 Å². The molecule has 4 rings (SSSR count). The number of hydrogen-bond acceptors (Lipinski definition) is 4. The number of ether oxygens (including phenoxy) is 2. The number of ketones is 1. The fraction of sp³-hybridized carbons (Fsp3) is 0.458. The Kier molecular flexibility index (Phi) is 6.35. The molecule has 1 atom stereocenters. The van der Waals surface area contributed by atoms with Crippen molar-refractivity contribution in [1.29, 1.82) is 0 Å². The van der Waals surface area contributed by atoms with E-state index in [4.69, 9.17) is 9.47 Å². The highest BCUT2D eigenvalue weighted by Crippen LogP contribution is 2.42. The minimum atomic E-state index is -1.38. The second-order valence-corrected chi connectivity index (χ2v) is 9.41. The average Bonchev–Trinajstić information content (AvgIpc) is 3.04. The maximum absolute atomic E-state index is 15.6. The topological polar surface area (TPSA) is 38.8 Å². The van der Waals surface area contributed by atoms with Crippen molar-refractivity contribution in [3.05, 3.63) is 57.3 Å². The maximum atomic E-state index is 15.6. The molecule has 0 spiro atoms. The molecule has 0 N–H and O–H groups in total. The van der Waals surface area contributed by atoms with E-state index in [0.717, 1.165) is 5.56 Å². The normalized spacial score (nSPS) is 20.5. The van der Waals surface area contributed by atoms with Gasteiger partial charge in [-0.05, 0) is 55.5 Å². The van der Waals surface area contributed by atoms with Gasteiger partial charge in [0, 0.05) is 41.2 Å². The number of hydrogen-bond donors (Lipinski definition) is 0. The van der Waals surface area contributed by atoms with Gasteiger partial charge in [-0.15, -0.1) is 0 Å². The first-order valence-electron chi connectivity index (χ1n) is 10.5. The van der Waals surface area contributed by atoms with E-state index in [0.29, 0.717) is 66.0 Å². The smallest absolute Gasteiger partial charge is 0.166 e. The summed E-state index contributed by atoms with van der Waals surface area (Å²) in [5.74, 6) is 0.447. The number of halogens is 3. The largest absolute Gasteiger partial charge is 0.493 e. The monoisotopic (exact) mass is 493 g/mol. The quantitative estimate of drug-likeness (QED) is 0.543. The van der Waals surface area contributed by atoms with Gasteiger partial charge >= 0.3 is 0 Å². The van der Waals surface area contributed by atoms with Crippen LogP contribution in [0.25, 0.3) is 0 Å². The number of alkyl halides is 1. The first-order chi connectivity index (χ1) is 14.8. The number of fused-ring (bicyclic) bond motifs is 1. The molecule has 1 saturated heterocycles. The van der Waals surface area contributed by atoms with Crippen molar-refractivity contribution in [2.45, 2.75) is 37.9 Å². The molecule has 1 unspecified atom stereocenters. The van der Waals surface area contributed by atoms with Gasteiger partial charge in [0.05, 0.1) is 14.2 Å². The van der Waals surface area contributed by atoms with Crippen LogP contribution < -0.4 is 9.47 Å². The molecule has 0 radical (unpaired) electrons. The van der Waals surface area contributed by atoms with Crippen molar-refractivity contribution in [2.75, 3.05) is 27.3 Å². The third-order valence-electron chi connectivity index (χ3n) is 6.49. The average molecular weight is 494 g/mol. The lowest BCUT2D eigenvalue weighted by Gasteiger charge is -2.37. The van der Waals surface area contributed by atoms with E-state index in [9.17, 15) is 9.18 Å². The minimum Gasteiger partial charge on any atom is -0.493 e. The van der Waals surface area contributed by atoms with Crippen LogP contribution in [0.5, 0.6) is 11.5 Å². The molecule has 2 aliphatic rings. The van der Waals surface area contributed by atoms with E-state index in [2.05, 4.69) is 20.8 Å². The lowest BCUT2D eigenvalue weighted by molar-refractivity contribution is 0.0333. The number of carbonyl (C=O) groups excluding carboxylic acids is 1. The van der Waals surface area contributed by atoms with Crippen LogP contribution in [0.1, 0.15) is 40.7 Å². The zero-order valence-corrected chi connectivity index (χ0v) is 19.3. The molecular weight excluding hydrogens is 468 g/mol. The summed E-state index contributed by atoms with van der Waals surface area (Å²) in [7, 11) is 3.09. The highest BCUT2D eigenvalue weighted by atomic mass is 79.9. The summed E-state index contributed by atoms with van der Waals surface area (Å²) in [5.41, 5.74) is 0.721. The third-order valence-corrected chi connectivity index (χ3v) is 6.98. The summed E-state index contributed by atoms with van der Waals surface area (Å²) in [5, 5.41) is 0. The number of carbonyl (C=O) groups is 1. The van der Waals surface area contributed by atoms with Crippen molar-refractivity contribution in [3.8, 4) is 11.5 Å². The Balaban J connectivity index is 1.38. The van der Waals surface area contributed by atoms with Gasteiger partial charge in [0.2, 0.25) is 0 Å². The Hall–Kier alpha value is -1.99. The number of Topliss-reactive ketones (excluding diaryl/α,β-unsaturated/α-hetero) is 1. The van der Waals surface area contributed by atoms with Crippen molar-refractivity contribution < 1.29 is 23.0 Å². The van der Waals surface area contributed by atoms with Gasteiger partial charge in [0.25, 0.3) is 0 Å². The van der Waals surface area contributed by atoms with Gasteiger partial charge in [0.1, 0.15) is 11.5 Å². The lowest BCUT2D eigenvalue weighted by Crippen LogP contribution is -2.43. The van der Waals surface area contributed by atoms with Gasteiger partial charge < -0.3 is 9.47 Å². The van der Waals surface area contributed by atoms with Crippen molar-refractivity contribution in [2.24, 2.45) is 5.92 Å². The van der Waals surface area contributed by atoms with Crippen LogP contribution >= 0.6 is 15.9 Å². The molecule has 2 aromatic carbocycles. The van der Waals surface area contributed by atoms with Crippen molar-refractivity contribution >= 4 is 21.7 Å².